The van der Waals surface area contributed by atoms with Crippen molar-refractivity contribution in [1.82, 2.24) is 14.5 Å². The molecule has 1 aliphatic heterocycles. The topological polar surface area (TPSA) is 63.2 Å². The number of hydrogen-bond donors (Lipinski definition) is 1. The fourth-order valence-electron chi connectivity index (χ4n) is 2.50. The van der Waals surface area contributed by atoms with Crippen molar-refractivity contribution < 1.29 is 0 Å². The third-order valence-electron chi connectivity index (χ3n) is 3.53. The van der Waals surface area contributed by atoms with Crippen molar-refractivity contribution in [3.05, 3.63) is 30.9 Å². The van der Waals surface area contributed by atoms with Crippen molar-refractivity contribution in [2.75, 3.05) is 41.7 Å². The summed E-state index contributed by atoms with van der Waals surface area (Å²) in [6.45, 7) is 3.79. The van der Waals surface area contributed by atoms with Gasteiger partial charge in [-0.1, -0.05) is 0 Å². The molecule has 3 rings (SSSR count). The van der Waals surface area contributed by atoms with Crippen LogP contribution in [0.15, 0.2) is 30.9 Å². The zero-order chi connectivity index (χ0) is 13.2. The molecule has 1 fully saturated rings. The van der Waals surface area contributed by atoms with E-state index in [1.54, 1.807) is 12.4 Å². The van der Waals surface area contributed by atoms with E-state index in [2.05, 4.69) is 24.3 Å². The largest absolute Gasteiger partial charge is 0.396 e. The highest BCUT2D eigenvalue weighted by molar-refractivity contribution is 5.66. The van der Waals surface area contributed by atoms with Gasteiger partial charge in [0.05, 0.1) is 17.6 Å². The molecule has 3 heterocycles. The van der Waals surface area contributed by atoms with Crippen molar-refractivity contribution in [1.29, 1.82) is 0 Å². The minimum Gasteiger partial charge on any atom is -0.396 e. The number of anilines is 3. The number of pyridine rings is 1. The van der Waals surface area contributed by atoms with Gasteiger partial charge in [0.15, 0.2) is 0 Å². The first kappa shape index (κ1) is 11.8. The molecule has 0 amide bonds. The van der Waals surface area contributed by atoms with Gasteiger partial charge >= 0.3 is 0 Å². The number of nitrogens with two attached hydrogens (primary N) is 1. The Labute approximate surface area is 112 Å². The Morgan fingerprint density at radius 1 is 1.11 bits per heavy atom. The summed E-state index contributed by atoms with van der Waals surface area (Å²) in [5, 5.41) is 0. The van der Waals surface area contributed by atoms with Crippen molar-refractivity contribution in [3.63, 3.8) is 0 Å². The molecule has 100 valence electrons. The summed E-state index contributed by atoms with van der Waals surface area (Å²) in [5.74, 6) is 1.03. The number of hydrogen-bond acceptors (Lipinski definition) is 5. The number of aryl methyl sites for hydroxylation is 1. The lowest BCUT2D eigenvalue weighted by Crippen LogP contribution is -2.47. The van der Waals surface area contributed by atoms with Crippen LogP contribution in [0.3, 0.4) is 0 Å². The quantitative estimate of drug-likeness (QED) is 0.860. The van der Waals surface area contributed by atoms with Crippen LogP contribution < -0.4 is 15.5 Å². The monoisotopic (exact) mass is 258 g/mol. The molecule has 0 radical (unpaired) electrons. The van der Waals surface area contributed by atoms with Crippen LogP contribution in [0.25, 0.3) is 0 Å². The fraction of sp³-hybridized carbons (Fsp3) is 0.385. The summed E-state index contributed by atoms with van der Waals surface area (Å²) in [6.07, 6.45) is 7.31. The molecule has 2 aromatic heterocycles. The minimum atomic E-state index is 0.743. The van der Waals surface area contributed by atoms with E-state index in [9.17, 15) is 0 Å². The zero-order valence-electron chi connectivity index (χ0n) is 11.0. The third kappa shape index (κ3) is 2.21. The Kier molecular flexibility index (Phi) is 2.98. The van der Waals surface area contributed by atoms with Crippen molar-refractivity contribution in [2.24, 2.45) is 7.05 Å². The van der Waals surface area contributed by atoms with Crippen molar-refractivity contribution in [2.45, 2.75) is 0 Å². The molecule has 2 aromatic rings. The Morgan fingerprint density at radius 3 is 2.47 bits per heavy atom. The van der Waals surface area contributed by atoms with Crippen LogP contribution in [0.1, 0.15) is 0 Å². The van der Waals surface area contributed by atoms with E-state index in [1.165, 1.54) is 0 Å². The highest BCUT2D eigenvalue weighted by Gasteiger charge is 2.20. The third-order valence-corrected chi connectivity index (χ3v) is 3.53. The van der Waals surface area contributed by atoms with Gasteiger partial charge in [-0.05, 0) is 6.07 Å². The van der Waals surface area contributed by atoms with E-state index >= 15 is 0 Å². The van der Waals surface area contributed by atoms with Crippen LogP contribution in [-0.2, 0) is 7.05 Å². The van der Waals surface area contributed by atoms with E-state index in [0.29, 0.717) is 0 Å². The lowest BCUT2D eigenvalue weighted by Gasteiger charge is -2.36. The van der Waals surface area contributed by atoms with Crippen LogP contribution in [0, 0.1) is 0 Å². The van der Waals surface area contributed by atoms with E-state index in [0.717, 1.165) is 43.5 Å². The molecular formula is C13H18N6. The average molecular weight is 258 g/mol. The molecule has 1 saturated heterocycles. The molecule has 0 atom stereocenters. The Morgan fingerprint density at radius 2 is 1.84 bits per heavy atom. The maximum absolute atomic E-state index is 5.97. The molecule has 0 aliphatic carbocycles. The van der Waals surface area contributed by atoms with E-state index < -0.39 is 0 Å². The van der Waals surface area contributed by atoms with E-state index in [1.807, 2.05) is 25.5 Å². The average Bonchev–Trinajstić information content (AvgIpc) is 2.86. The van der Waals surface area contributed by atoms with Gasteiger partial charge in [-0.15, -0.1) is 0 Å². The Balaban J connectivity index is 1.70. The molecule has 0 bridgehead atoms. The molecule has 19 heavy (non-hydrogen) atoms. The van der Waals surface area contributed by atoms with Gasteiger partial charge in [-0.25, -0.2) is 4.98 Å². The Bertz CT molecular complexity index is 556. The second kappa shape index (κ2) is 4.79. The minimum absolute atomic E-state index is 0.743. The summed E-state index contributed by atoms with van der Waals surface area (Å²) in [5.41, 5.74) is 7.79. The summed E-state index contributed by atoms with van der Waals surface area (Å²) < 4.78 is 2.05. The SMILES string of the molecule is Cn1ccnc1N1CCN(c2ccncc2N)CC1. The van der Waals surface area contributed by atoms with E-state index in [4.69, 9.17) is 5.73 Å². The Hall–Kier alpha value is -2.24. The molecular weight excluding hydrogens is 240 g/mol. The van der Waals surface area contributed by atoms with Crippen LogP contribution in [-0.4, -0.2) is 40.7 Å². The molecule has 2 N–H and O–H groups in total. The summed E-state index contributed by atoms with van der Waals surface area (Å²) in [4.78, 5) is 13.0. The molecule has 1 aliphatic rings. The molecule has 0 aromatic carbocycles. The second-order valence-corrected chi connectivity index (χ2v) is 4.75. The van der Waals surface area contributed by atoms with Crippen LogP contribution in [0.4, 0.5) is 17.3 Å². The van der Waals surface area contributed by atoms with Crippen LogP contribution in [0.2, 0.25) is 0 Å². The summed E-state index contributed by atoms with van der Waals surface area (Å²) >= 11 is 0. The highest BCUT2D eigenvalue weighted by atomic mass is 15.3. The van der Waals surface area contributed by atoms with Crippen molar-refractivity contribution >= 4 is 17.3 Å². The maximum atomic E-state index is 5.97. The second-order valence-electron chi connectivity index (χ2n) is 4.75. The highest BCUT2D eigenvalue weighted by Crippen LogP contribution is 2.23. The molecule has 0 saturated carbocycles. The molecule has 6 heteroatoms. The normalized spacial score (nSPS) is 15.8. The van der Waals surface area contributed by atoms with Crippen LogP contribution in [0.5, 0.6) is 0 Å². The number of imidazole rings is 1. The zero-order valence-corrected chi connectivity index (χ0v) is 11.0. The molecule has 0 spiro atoms. The summed E-state index contributed by atoms with van der Waals surface area (Å²) in [6, 6.07) is 1.98. The van der Waals surface area contributed by atoms with Gasteiger partial charge in [-0.2, -0.15) is 0 Å². The number of nitrogens with zero attached hydrogens (tertiary/aromatic N) is 5. The molecule has 6 nitrogen and oxygen atoms in total. The van der Waals surface area contributed by atoms with Gasteiger partial charge in [0.2, 0.25) is 5.95 Å². The van der Waals surface area contributed by atoms with Crippen LogP contribution >= 0.6 is 0 Å². The smallest absolute Gasteiger partial charge is 0.205 e. The number of nitrogen functional groups attached to an aromatic ring is 1. The fourth-order valence-corrected chi connectivity index (χ4v) is 2.50. The van der Waals surface area contributed by atoms with Crippen molar-refractivity contribution in [3.8, 4) is 0 Å². The van der Waals surface area contributed by atoms with Gasteiger partial charge in [0.1, 0.15) is 0 Å². The number of rotatable bonds is 2. The van der Waals surface area contributed by atoms with E-state index in [-0.39, 0.29) is 0 Å². The maximum Gasteiger partial charge on any atom is 0.205 e. The number of piperazine rings is 1. The predicted molar refractivity (Wildman–Crippen MR) is 76.3 cm³/mol. The van der Waals surface area contributed by atoms with Gasteiger partial charge in [-0.3, -0.25) is 4.98 Å². The lowest BCUT2D eigenvalue weighted by molar-refractivity contribution is 0.630. The first-order valence-corrected chi connectivity index (χ1v) is 6.42. The number of aromatic nitrogens is 3. The standard InChI is InChI=1S/C13H18N6/c1-17-5-4-16-13(17)19-8-6-18(7-9-19)12-2-3-15-10-11(12)14/h2-5,10H,6-9,14H2,1H3. The lowest BCUT2D eigenvalue weighted by atomic mass is 10.2. The first-order chi connectivity index (χ1) is 9.25. The molecule has 0 unspecified atom stereocenters. The van der Waals surface area contributed by atoms with Gasteiger partial charge in [0, 0.05) is 51.8 Å². The van der Waals surface area contributed by atoms with Gasteiger partial charge < -0.3 is 20.1 Å². The van der Waals surface area contributed by atoms with Gasteiger partial charge in [0.25, 0.3) is 0 Å². The predicted octanol–water partition coefficient (Wildman–Crippen LogP) is 0.724. The summed E-state index contributed by atoms with van der Waals surface area (Å²) in [7, 11) is 2.02. The first-order valence-electron chi connectivity index (χ1n) is 6.42.